The summed E-state index contributed by atoms with van der Waals surface area (Å²) in [6.07, 6.45) is 9.17. The van der Waals surface area contributed by atoms with Gasteiger partial charge in [0.05, 0.1) is 5.41 Å². The second kappa shape index (κ2) is 5.28. The third-order valence-electron chi connectivity index (χ3n) is 7.45. The van der Waals surface area contributed by atoms with Crippen molar-refractivity contribution in [3.63, 3.8) is 0 Å². The van der Waals surface area contributed by atoms with Gasteiger partial charge >= 0.3 is 5.97 Å². The maximum atomic E-state index is 13.0. The van der Waals surface area contributed by atoms with Crippen LogP contribution in [-0.2, 0) is 9.53 Å². The van der Waals surface area contributed by atoms with Gasteiger partial charge in [-0.05, 0) is 75.5 Å². The largest absolute Gasteiger partial charge is 0.459 e. The highest BCUT2D eigenvalue weighted by Gasteiger charge is 2.59. The van der Waals surface area contributed by atoms with Gasteiger partial charge < -0.3 is 4.74 Å². The van der Waals surface area contributed by atoms with Crippen molar-refractivity contribution in [3.05, 3.63) is 0 Å². The summed E-state index contributed by atoms with van der Waals surface area (Å²) in [5.74, 6) is 2.86. The van der Waals surface area contributed by atoms with E-state index in [1.54, 1.807) is 0 Å². The number of carbonyl (C=O) groups is 1. The summed E-state index contributed by atoms with van der Waals surface area (Å²) in [5.41, 5.74) is -0.356. The van der Waals surface area contributed by atoms with Crippen LogP contribution < -0.4 is 0 Å². The van der Waals surface area contributed by atoms with E-state index in [0.717, 1.165) is 37.5 Å². The van der Waals surface area contributed by atoms with Gasteiger partial charge in [-0.1, -0.05) is 27.2 Å². The number of hydrogen-bond donors (Lipinski definition) is 0. The Hall–Kier alpha value is -0.530. The normalized spacial score (nSPS) is 44.8. The first-order valence-electron chi connectivity index (χ1n) is 9.15. The molecule has 0 N–H and O–H groups in total. The summed E-state index contributed by atoms with van der Waals surface area (Å²) in [6, 6.07) is 0. The fourth-order valence-corrected chi connectivity index (χ4v) is 5.63. The van der Waals surface area contributed by atoms with Gasteiger partial charge in [-0.25, -0.2) is 0 Å². The minimum Gasteiger partial charge on any atom is -0.459 e. The lowest BCUT2D eigenvalue weighted by molar-refractivity contribution is -0.180. The van der Waals surface area contributed by atoms with E-state index in [1.165, 1.54) is 25.7 Å². The average molecular weight is 292 g/mol. The lowest BCUT2D eigenvalue weighted by Crippen LogP contribution is -2.46. The van der Waals surface area contributed by atoms with Crippen LogP contribution in [0, 0.1) is 29.1 Å². The summed E-state index contributed by atoms with van der Waals surface area (Å²) in [4.78, 5) is 13.0. The number of hydrogen-bond acceptors (Lipinski definition) is 2. The molecule has 3 aliphatic rings. The lowest BCUT2D eigenvalue weighted by Gasteiger charge is -2.43. The van der Waals surface area contributed by atoms with Crippen molar-refractivity contribution in [1.29, 1.82) is 0 Å². The number of esters is 1. The zero-order chi connectivity index (χ0) is 15.3. The number of ether oxygens (including phenoxy) is 1. The topological polar surface area (TPSA) is 26.3 Å². The Kier molecular flexibility index (Phi) is 3.86. The van der Waals surface area contributed by atoms with E-state index in [4.69, 9.17) is 4.74 Å². The zero-order valence-corrected chi connectivity index (χ0v) is 14.3. The second-order valence-corrected chi connectivity index (χ2v) is 8.43. The van der Waals surface area contributed by atoms with E-state index in [1.807, 2.05) is 0 Å². The van der Waals surface area contributed by atoms with Crippen LogP contribution in [-0.4, -0.2) is 11.6 Å². The maximum absolute atomic E-state index is 13.0. The molecule has 0 heterocycles. The van der Waals surface area contributed by atoms with E-state index < -0.39 is 0 Å². The average Bonchev–Trinajstić information content (AvgIpc) is 2.97. The minimum absolute atomic E-state index is 0.123. The van der Waals surface area contributed by atoms with E-state index in [2.05, 4.69) is 27.7 Å². The highest BCUT2D eigenvalue weighted by atomic mass is 16.6. The molecular weight excluding hydrogens is 260 g/mol. The van der Waals surface area contributed by atoms with Gasteiger partial charge in [0, 0.05) is 0 Å². The summed E-state index contributed by atoms with van der Waals surface area (Å²) < 4.78 is 6.21. The Balaban J connectivity index is 1.73. The van der Waals surface area contributed by atoms with Crippen LogP contribution in [0.3, 0.4) is 0 Å². The van der Waals surface area contributed by atoms with Crippen molar-refractivity contribution in [2.45, 2.75) is 84.7 Å². The molecule has 0 spiro atoms. The molecule has 0 aromatic carbocycles. The first kappa shape index (κ1) is 15.4. The van der Waals surface area contributed by atoms with Crippen LogP contribution in [0.2, 0.25) is 0 Å². The van der Waals surface area contributed by atoms with E-state index in [0.29, 0.717) is 11.8 Å². The predicted molar refractivity (Wildman–Crippen MR) is 84.8 cm³/mol. The summed E-state index contributed by atoms with van der Waals surface area (Å²) >= 11 is 0. The first-order chi connectivity index (χ1) is 9.92. The number of carbonyl (C=O) groups excluding carboxylic acids is 1. The van der Waals surface area contributed by atoms with Crippen LogP contribution >= 0.6 is 0 Å². The molecule has 2 nitrogen and oxygen atoms in total. The highest BCUT2D eigenvalue weighted by molar-refractivity contribution is 5.78. The first-order valence-corrected chi connectivity index (χ1v) is 9.15. The fourth-order valence-electron chi connectivity index (χ4n) is 5.63. The van der Waals surface area contributed by atoms with Gasteiger partial charge in [0.2, 0.25) is 0 Å². The lowest BCUT2D eigenvalue weighted by atomic mass is 9.66. The van der Waals surface area contributed by atoms with Gasteiger partial charge in [0.25, 0.3) is 0 Å². The molecule has 0 aromatic heterocycles. The molecule has 3 rings (SSSR count). The van der Waals surface area contributed by atoms with Crippen molar-refractivity contribution in [1.82, 2.24) is 0 Å². The zero-order valence-electron chi connectivity index (χ0n) is 14.3. The molecule has 120 valence electrons. The van der Waals surface area contributed by atoms with Crippen molar-refractivity contribution >= 4 is 5.97 Å². The van der Waals surface area contributed by atoms with E-state index in [9.17, 15) is 4.79 Å². The van der Waals surface area contributed by atoms with Gasteiger partial charge in [0.1, 0.15) is 5.60 Å². The molecule has 0 radical (unpaired) electrons. The Morgan fingerprint density at radius 3 is 2.33 bits per heavy atom. The molecule has 2 bridgehead atoms. The van der Waals surface area contributed by atoms with E-state index >= 15 is 0 Å². The fraction of sp³-hybridized carbons (Fsp3) is 0.947. The molecule has 0 saturated heterocycles. The molecular formula is C19H32O2. The van der Waals surface area contributed by atoms with Gasteiger partial charge in [-0.2, -0.15) is 0 Å². The molecule has 5 atom stereocenters. The molecule has 3 aliphatic carbocycles. The van der Waals surface area contributed by atoms with Crippen LogP contribution in [0.25, 0.3) is 0 Å². The van der Waals surface area contributed by atoms with Crippen LogP contribution in [0.4, 0.5) is 0 Å². The monoisotopic (exact) mass is 292 g/mol. The highest BCUT2D eigenvalue weighted by Crippen LogP contribution is 2.61. The number of rotatable bonds is 3. The summed E-state index contributed by atoms with van der Waals surface area (Å²) in [6.45, 7) is 9.09. The van der Waals surface area contributed by atoms with Crippen molar-refractivity contribution in [2.24, 2.45) is 29.1 Å². The van der Waals surface area contributed by atoms with Gasteiger partial charge in [-0.15, -0.1) is 0 Å². The van der Waals surface area contributed by atoms with Gasteiger partial charge in [0.15, 0.2) is 0 Å². The molecule has 21 heavy (non-hydrogen) atoms. The third-order valence-corrected chi connectivity index (χ3v) is 7.45. The molecule has 3 fully saturated rings. The SMILES string of the molecule is CCC1(OC(=O)C2(C)CC3CC2C(C)C3C)CCCCC1. The quantitative estimate of drug-likeness (QED) is 0.687. The summed E-state index contributed by atoms with van der Waals surface area (Å²) in [7, 11) is 0. The van der Waals surface area contributed by atoms with Crippen LogP contribution in [0.1, 0.15) is 79.1 Å². The van der Waals surface area contributed by atoms with Crippen LogP contribution in [0.15, 0.2) is 0 Å². The van der Waals surface area contributed by atoms with Crippen molar-refractivity contribution in [3.8, 4) is 0 Å². The minimum atomic E-state index is -0.212. The maximum Gasteiger partial charge on any atom is 0.312 e. The molecule has 0 amide bonds. The number of fused-ring (bicyclic) bond motifs is 2. The van der Waals surface area contributed by atoms with Gasteiger partial charge in [-0.3, -0.25) is 4.79 Å². The van der Waals surface area contributed by atoms with Crippen LogP contribution in [0.5, 0.6) is 0 Å². The summed E-state index contributed by atoms with van der Waals surface area (Å²) in [5, 5.41) is 0. The molecule has 2 heteroatoms. The van der Waals surface area contributed by atoms with E-state index in [-0.39, 0.29) is 17.0 Å². The third kappa shape index (κ3) is 2.33. The Morgan fingerprint density at radius 1 is 1.14 bits per heavy atom. The van der Waals surface area contributed by atoms with Crippen molar-refractivity contribution < 1.29 is 9.53 Å². The Morgan fingerprint density at radius 2 is 1.81 bits per heavy atom. The molecule has 5 unspecified atom stereocenters. The van der Waals surface area contributed by atoms with Crippen molar-refractivity contribution in [2.75, 3.05) is 0 Å². The molecule has 0 aromatic rings. The Bertz CT molecular complexity index is 408. The predicted octanol–water partition coefficient (Wildman–Crippen LogP) is 4.96. The molecule has 3 saturated carbocycles. The second-order valence-electron chi connectivity index (χ2n) is 8.43. The Labute approximate surface area is 130 Å². The standard InChI is InChI=1S/C19H32O2/c1-5-19(9-7-6-8-10-19)21-17(20)18(4)12-15-11-16(18)14(3)13(15)2/h13-16H,5-12H2,1-4H3. The molecule has 0 aliphatic heterocycles. The smallest absolute Gasteiger partial charge is 0.312 e.